The molecule has 0 heterocycles. The van der Waals surface area contributed by atoms with Gasteiger partial charge in [-0.1, -0.05) is 0 Å². The summed E-state index contributed by atoms with van der Waals surface area (Å²) in [4.78, 5) is 0. The molecule has 0 aliphatic rings. The molecule has 1 aromatic carbocycles. The van der Waals surface area contributed by atoms with Crippen molar-refractivity contribution in [3.63, 3.8) is 0 Å². The number of hydrogen-bond acceptors (Lipinski definition) is 5. The zero-order chi connectivity index (χ0) is 15.8. The van der Waals surface area contributed by atoms with Gasteiger partial charge in [0.1, 0.15) is 6.34 Å². The van der Waals surface area contributed by atoms with Crippen LogP contribution >= 0.6 is 0 Å². The Morgan fingerprint density at radius 3 is 2.05 bits per heavy atom. The Balaban J connectivity index is 3.29. The Hall–Kier alpha value is -2.90. The first-order valence-electron chi connectivity index (χ1n) is 6.22. The van der Waals surface area contributed by atoms with Crippen molar-refractivity contribution in [1.29, 1.82) is 0 Å². The van der Waals surface area contributed by atoms with Crippen LogP contribution in [0.25, 0.3) is 0 Å². The van der Waals surface area contributed by atoms with Crippen molar-refractivity contribution in [1.82, 2.24) is 0 Å². The van der Waals surface area contributed by atoms with E-state index in [9.17, 15) is 0 Å². The van der Waals surface area contributed by atoms with Gasteiger partial charge in [-0.3, -0.25) is 0 Å². The van der Waals surface area contributed by atoms with Crippen LogP contribution in [-0.4, -0.2) is 30.8 Å². The van der Waals surface area contributed by atoms with E-state index in [1.165, 1.54) is 0 Å². The third-order valence-electron chi connectivity index (χ3n) is 2.65. The van der Waals surface area contributed by atoms with Gasteiger partial charge < -0.3 is 22.5 Å². The van der Waals surface area contributed by atoms with Gasteiger partial charge in [-0.05, 0) is 32.0 Å². The Morgan fingerprint density at radius 2 is 1.57 bits per heavy atom. The molecule has 0 spiro atoms. The summed E-state index contributed by atoms with van der Waals surface area (Å²) in [6, 6.07) is 5.80. The van der Waals surface area contributed by atoms with E-state index in [4.69, 9.17) is 17.2 Å². The van der Waals surface area contributed by atoms with Crippen molar-refractivity contribution in [2.45, 2.75) is 13.8 Å². The van der Waals surface area contributed by atoms with E-state index in [0.717, 1.165) is 28.9 Å². The van der Waals surface area contributed by atoms with E-state index in [1.54, 1.807) is 0 Å². The van der Waals surface area contributed by atoms with Crippen molar-refractivity contribution in [2.75, 3.05) is 12.4 Å². The topological polar surface area (TPSA) is 140 Å². The lowest BCUT2D eigenvalue weighted by atomic mass is 10.0. The molecular formula is C13H20N8. The Labute approximate surface area is 123 Å². The molecule has 0 saturated carbocycles. The predicted octanol–water partition coefficient (Wildman–Crippen LogP) is 0.437. The Morgan fingerprint density at radius 1 is 1.00 bits per heavy atom. The van der Waals surface area contributed by atoms with Crippen LogP contribution in [0.4, 0.5) is 5.69 Å². The number of nitrogens with zero attached hydrogens (tertiary/aromatic N) is 4. The second-order valence-corrected chi connectivity index (χ2v) is 4.21. The minimum atomic E-state index is -0.0885. The zero-order valence-electron chi connectivity index (χ0n) is 12.3. The summed E-state index contributed by atoms with van der Waals surface area (Å²) < 4.78 is 0. The zero-order valence-corrected chi connectivity index (χ0v) is 12.3. The van der Waals surface area contributed by atoms with Crippen LogP contribution in [0.3, 0.4) is 0 Å². The molecule has 0 amide bonds. The smallest absolute Gasteiger partial charge is 0.211 e. The summed E-state index contributed by atoms with van der Waals surface area (Å²) in [5, 5.41) is 18.4. The summed E-state index contributed by atoms with van der Waals surface area (Å²) in [6.45, 7) is 3.66. The summed E-state index contributed by atoms with van der Waals surface area (Å²) in [7, 11) is 1.83. The second kappa shape index (κ2) is 7.63. The first-order chi connectivity index (χ1) is 9.97. The van der Waals surface area contributed by atoms with Gasteiger partial charge in [0, 0.05) is 23.9 Å². The molecule has 0 aliphatic carbocycles. The Kier molecular flexibility index (Phi) is 5.87. The largest absolute Gasteiger partial charge is 0.388 e. The van der Waals surface area contributed by atoms with Crippen molar-refractivity contribution < 1.29 is 0 Å². The summed E-state index contributed by atoms with van der Waals surface area (Å²) in [6.07, 6.45) is 1.14. The van der Waals surface area contributed by atoms with Gasteiger partial charge >= 0.3 is 0 Å². The molecule has 112 valence electrons. The quantitative estimate of drug-likeness (QED) is 0.354. The lowest BCUT2D eigenvalue weighted by molar-refractivity contribution is 1.19. The normalized spacial score (nSPS) is 12.5. The number of guanidine groups is 1. The third kappa shape index (κ3) is 4.94. The number of nitrogens with two attached hydrogens (primary N) is 3. The van der Waals surface area contributed by atoms with Crippen molar-refractivity contribution >= 4 is 29.4 Å². The first kappa shape index (κ1) is 16.2. The highest BCUT2D eigenvalue weighted by molar-refractivity contribution is 6.05. The molecule has 0 fully saturated rings. The summed E-state index contributed by atoms with van der Waals surface area (Å²) in [5.74, 6) is -0.0885. The summed E-state index contributed by atoms with van der Waals surface area (Å²) >= 11 is 0. The van der Waals surface area contributed by atoms with Crippen LogP contribution in [0, 0.1) is 0 Å². The van der Waals surface area contributed by atoms with E-state index in [2.05, 4.69) is 25.7 Å². The fourth-order valence-electron chi connectivity index (χ4n) is 1.56. The van der Waals surface area contributed by atoms with E-state index in [1.807, 2.05) is 39.1 Å². The number of hydrogen-bond donors (Lipinski definition) is 4. The van der Waals surface area contributed by atoms with Crippen LogP contribution in [0.5, 0.6) is 0 Å². The van der Waals surface area contributed by atoms with Crippen LogP contribution in [0.1, 0.15) is 25.0 Å². The average Bonchev–Trinajstić information content (AvgIpc) is 2.49. The average molecular weight is 288 g/mol. The molecule has 0 aromatic heterocycles. The molecule has 21 heavy (non-hydrogen) atoms. The molecule has 0 radical (unpaired) electrons. The molecule has 0 bridgehead atoms. The monoisotopic (exact) mass is 288 g/mol. The van der Waals surface area contributed by atoms with Gasteiger partial charge in [0.2, 0.25) is 5.96 Å². The third-order valence-corrected chi connectivity index (χ3v) is 2.65. The molecule has 7 N–H and O–H groups in total. The summed E-state index contributed by atoms with van der Waals surface area (Å²) in [5.41, 5.74) is 19.8. The van der Waals surface area contributed by atoms with Crippen LogP contribution < -0.4 is 22.5 Å². The molecule has 0 unspecified atom stereocenters. The predicted molar refractivity (Wildman–Crippen MR) is 88.9 cm³/mol. The van der Waals surface area contributed by atoms with Crippen LogP contribution in [0.15, 0.2) is 38.6 Å². The molecule has 1 rings (SSSR count). The molecular weight excluding hydrogens is 268 g/mol. The van der Waals surface area contributed by atoms with Gasteiger partial charge in [-0.2, -0.15) is 10.2 Å². The van der Waals surface area contributed by atoms with Crippen LogP contribution in [-0.2, 0) is 0 Å². The molecule has 0 aliphatic heterocycles. The van der Waals surface area contributed by atoms with Gasteiger partial charge in [0.05, 0.1) is 11.4 Å². The van der Waals surface area contributed by atoms with Gasteiger partial charge in [-0.15, -0.1) is 10.2 Å². The lowest BCUT2D eigenvalue weighted by Gasteiger charge is -2.08. The van der Waals surface area contributed by atoms with E-state index >= 15 is 0 Å². The minimum Gasteiger partial charge on any atom is -0.388 e. The number of benzene rings is 1. The highest BCUT2D eigenvalue weighted by Crippen LogP contribution is 2.16. The maximum absolute atomic E-state index is 5.27. The minimum absolute atomic E-state index is 0.0885. The van der Waals surface area contributed by atoms with E-state index in [0.29, 0.717) is 5.71 Å². The van der Waals surface area contributed by atoms with Crippen molar-refractivity contribution in [3.05, 3.63) is 29.3 Å². The second-order valence-electron chi connectivity index (χ2n) is 4.21. The van der Waals surface area contributed by atoms with Gasteiger partial charge in [0.15, 0.2) is 0 Å². The molecule has 8 nitrogen and oxygen atoms in total. The van der Waals surface area contributed by atoms with Gasteiger partial charge in [0.25, 0.3) is 0 Å². The molecule has 0 atom stereocenters. The highest BCUT2D eigenvalue weighted by Gasteiger charge is 2.06. The highest BCUT2D eigenvalue weighted by atomic mass is 15.3. The SMILES string of the molecule is CNc1cc(/C(C)=N\N=C\N)cc(/C(C)=N/N=C(N)N)c1. The van der Waals surface area contributed by atoms with E-state index in [-0.39, 0.29) is 5.96 Å². The molecule has 0 saturated heterocycles. The van der Waals surface area contributed by atoms with Crippen LogP contribution in [0.2, 0.25) is 0 Å². The van der Waals surface area contributed by atoms with Gasteiger partial charge in [-0.25, -0.2) is 0 Å². The molecule has 8 heteroatoms. The lowest BCUT2D eigenvalue weighted by Crippen LogP contribution is -2.22. The first-order valence-corrected chi connectivity index (χ1v) is 6.22. The number of anilines is 1. The number of nitrogens with one attached hydrogen (secondary N) is 1. The maximum atomic E-state index is 5.27. The fraction of sp³-hybridized carbons (Fsp3) is 0.231. The maximum Gasteiger partial charge on any atom is 0.211 e. The standard InChI is InChI=1S/C13H20N8/c1-8(19-18-7-14)10-4-11(6-12(5-10)17-3)9(2)20-21-13(15)16/h4-7,17H,1-3H3,(H2,14,18)(H4,15,16,21)/b19-8-,20-9+. The molecule has 1 aromatic rings. The van der Waals surface area contributed by atoms with Crippen molar-refractivity contribution in [3.8, 4) is 0 Å². The Bertz CT molecular complexity index is 609. The van der Waals surface area contributed by atoms with E-state index < -0.39 is 0 Å². The number of rotatable bonds is 5. The fourth-order valence-corrected chi connectivity index (χ4v) is 1.56. The van der Waals surface area contributed by atoms with Crippen molar-refractivity contribution in [2.24, 2.45) is 37.6 Å².